The molecule has 0 aliphatic carbocycles. The lowest BCUT2D eigenvalue weighted by atomic mass is 10.1. The van der Waals surface area contributed by atoms with E-state index in [2.05, 4.69) is 10.0 Å². The fraction of sp³-hybridized carbons (Fsp3) is 0.538. The van der Waals surface area contributed by atoms with Gasteiger partial charge in [0.15, 0.2) is 5.72 Å². The van der Waals surface area contributed by atoms with Crippen LogP contribution in [0.2, 0.25) is 0 Å². The first-order chi connectivity index (χ1) is 11.8. The molecule has 13 heteroatoms. The van der Waals surface area contributed by atoms with Crippen molar-refractivity contribution in [2.24, 2.45) is 5.11 Å². The molecule has 0 unspecified atom stereocenters. The standard InChI is InChI=1S/C13H22N4O7P2/c1-13(2,15-16-14)24-12-5-3-11(4-6-12)7-8-17(9-25(18,19)20)10-26(21,22)23/h3-6H,7-10H2,1-2H3,(H2,18,19,20)(H2,21,22,23). The number of nitrogens with zero attached hydrogens (tertiary/aromatic N) is 4. The molecule has 26 heavy (non-hydrogen) atoms. The maximum absolute atomic E-state index is 11.1. The highest BCUT2D eigenvalue weighted by atomic mass is 31.2. The maximum Gasteiger partial charge on any atom is 0.339 e. The minimum absolute atomic E-state index is 0.0562. The molecule has 0 aliphatic heterocycles. The lowest BCUT2D eigenvalue weighted by Crippen LogP contribution is -2.28. The van der Waals surface area contributed by atoms with E-state index in [1.807, 2.05) is 0 Å². The monoisotopic (exact) mass is 408 g/mol. The van der Waals surface area contributed by atoms with Crippen LogP contribution in [0.3, 0.4) is 0 Å². The van der Waals surface area contributed by atoms with Crippen molar-refractivity contribution in [3.63, 3.8) is 0 Å². The van der Waals surface area contributed by atoms with E-state index in [0.29, 0.717) is 12.2 Å². The van der Waals surface area contributed by atoms with E-state index in [-0.39, 0.29) is 6.54 Å². The fourth-order valence-electron chi connectivity index (χ4n) is 2.14. The number of hydrogen-bond acceptors (Lipinski definition) is 5. The maximum atomic E-state index is 11.1. The van der Waals surface area contributed by atoms with Crippen LogP contribution in [0.1, 0.15) is 19.4 Å². The highest BCUT2D eigenvalue weighted by molar-refractivity contribution is 7.52. The van der Waals surface area contributed by atoms with Gasteiger partial charge in [-0.2, -0.15) is 0 Å². The summed E-state index contributed by atoms with van der Waals surface area (Å²) in [6, 6.07) is 6.68. The molecule has 0 atom stereocenters. The lowest BCUT2D eigenvalue weighted by molar-refractivity contribution is 0.117. The number of benzene rings is 1. The minimum atomic E-state index is -4.44. The average molecular weight is 408 g/mol. The largest absolute Gasteiger partial charge is 0.482 e. The summed E-state index contributed by atoms with van der Waals surface area (Å²) in [4.78, 5) is 39.9. The molecule has 0 aromatic heterocycles. The molecule has 0 saturated carbocycles. The second kappa shape index (κ2) is 8.99. The molecule has 0 aliphatic rings. The highest BCUT2D eigenvalue weighted by Gasteiger charge is 2.25. The van der Waals surface area contributed by atoms with Gasteiger partial charge < -0.3 is 24.3 Å². The smallest absolute Gasteiger partial charge is 0.339 e. The Bertz CT molecular complexity index is 713. The van der Waals surface area contributed by atoms with Gasteiger partial charge in [-0.1, -0.05) is 12.1 Å². The summed E-state index contributed by atoms with van der Waals surface area (Å²) in [5.41, 5.74) is 8.19. The molecule has 1 aromatic carbocycles. The fourth-order valence-corrected chi connectivity index (χ4v) is 3.82. The van der Waals surface area contributed by atoms with Crippen LogP contribution < -0.4 is 4.74 Å². The first kappa shape index (κ1) is 22.6. The molecule has 1 aromatic rings. The van der Waals surface area contributed by atoms with Crippen molar-refractivity contribution >= 4 is 15.2 Å². The average Bonchev–Trinajstić information content (AvgIpc) is 2.42. The van der Waals surface area contributed by atoms with Gasteiger partial charge in [-0.25, -0.2) is 0 Å². The predicted molar refractivity (Wildman–Crippen MR) is 94.5 cm³/mol. The SMILES string of the molecule is CC(C)(N=[N+]=[N-])Oc1ccc(CCN(CP(=O)(O)O)CP(=O)(O)O)cc1. The third-order valence-corrected chi connectivity index (χ3v) is 4.60. The molecule has 0 fully saturated rings. The van der Waals surface area contributed by atoms with Crippen LogP contribution in [-0.2, 0) is 15.6 Å². The molecule has 4 N–H and O–H groups in total. The van der Waals surface area contributed by atoms with Crippen molar-refractivity contribution in [3.05, 3.63) is 40.3 Å². The van der Waals surface area contributed by atoms with Gasteiger partial charge in [-0.05, 0) is 48.6 Å². The van der Waals surface area contributed by atoms with Gasteiger partial charge in [0.1, 0.15) is 18.3 Å². The van der Waals surface area contributed by atoms with Gasteiger partial charge in [0.25, 0.3) is 0 Å². The number of rotatable bonds is 10. The molecule has 11 nitrogen and oxygen atoms in total. The van der Waals surface area contributed by atoms with Gasteiger partial charge in [0.2, 0.25) is 0 Å². The van der Waals surface area contributed by atoms with Crippen LogP contribution in [0.15, 0.2) is 29.4 Å². The van der Waals surface area contributed by atoms with E-state index >= 15 is 0 Å². The van der Waals surface area contributed by atoms with Crippen molar-refractivity contribution in [2.75, 3.05) is 19.1 Å². The van der Waals surface area contributed by atoms with E-state index in [9.17, 15) is 9.13 Å². The molecule has 0 radical (unpaired) electrons. The van der Waals surface area contributed by atoms with E-state index in [1.165, 1.54) is 0 Å². The number of azide groups is 1. The zero-order valence-electron chi connectivity index (χ0n) is 14.3. The van der Waals surface area contributed by atoms with Gasteiger partial charge in [-0.3, -0.25) is 14.0 Å². The van der Waals surface area contributed by atoms with Gasteiger partial charge in [-0.15, -0.1) is 0 Å². The van der Waals surface area contributed by atoms with Crippen molar-refractivity contribution < 1.29 is 33.4 Å². The van der Waals surface area contributed by atoms with E-state index in [4.69, 9.17) is 29.8 Å². The van der Waals surface area contributed by atoms with Crippen LogP contribution in [0.4, 0.5) is 0 Å². The van der Waals surface area contributed by atoms with Crippen molar-refractivity contribution in [2.45, 2.75) is 26.0 Å². The van der Waals surface area contributed by atoms with Crippen molar-refractivity contribution in [3.8, 4) is 5.75 Å². The molecule has 146 valence electrons. The normalized spacial score (nSPS) is 12.7. The van der Waals surface area contributed by atoms with Crippen molar-refractivity contribution in [1.82, 2.24) is 4.90 Å². The predicted octanol–water partition coefficient (Wildman–Crippen LogP) is 2.23. The molecular formula is C13H22N4O7P2. The zero-order valence-corrected chi connectivity index (χ0v) is 16.1. The van der Waals surface area contributed by atoms with Crippen LogP contribution in [0.25, 0.3) is 10.4 Å². The topological polar surface area (TPSA) is 176 Å². The molecule has 0 amide bonds. The Hall–Kier alpha value is -1.41. The lowest BCUT2D eigenvalue weighted by Gasteiger charge is -2.23. The second-order valence-corrected chi connectivity index (χ2v) is 9.36. The molecule has 0 bridgehead atoms. The molecule has 0 heterocycles. The Morgan fingerprint density at radius 3 is 2.04 bits per heavy atom. The summed E-state index contributed by atoms with van der Waals surface area (Å²) in [5, 5.41) is 3.51. The molecule has 1 rings (SSSR count). The van der Waals surface area contributed by atoms with Gasteiger partial charge >= 0.3 is 15.2 Å². The Balaban J connectivity index is 2.73. The quantitative estimate of drug-likeness (QED) is 0.197. The van der Waals surface area contributed by atoms with Gasteiger partial charge in [0.05, 0.1) is 0 Å². The Labute approximate surface area is 150 Å². The van der Waals surface area contributed by atoms with E-state index < -0.39 is 33.5 Å². The summed E-state index contributed by atoms with van der Waals surface area (Å²) in [6.07, 6.45) is -1.15. The van der Waals surface area contributed by atoms with Crippen LogP contribution in [0, 0.1) is 0 Å². The number of ether oxygens (including phenoxy) is 1. The molecule has 0 saturated heterocycles. The minimum Gasteiger partial charge on any atom is -0.482 e. The van der Waals surface area contributed by atoms with Crippen molar-refractivity contribution in [1.29, 1.82) is 0 Å². The molecular weight excluding hydrogens is 386 g/mol. The summed E-state index contributed by atoms with van der Waals surface area (Å²) in [5.74, 6) is 0.466. The first-order valence-corrected chi connectivity index (χ1v) is 11.0. The second-order valence-electron chi connectivity index (χ2n) is 6.14. The van der Waals surface area contributed by atoms with Gasteiger partial charge in [0, 0.05) is 11.5 Å². The van der Waals surface area contributed by atoms with E-state index in [0.717, 1.165) is 10.5 Å². The third kappa shape index (κ3) is 9.91. The third-order valence-electron chi connectivity index (χ3n) is 3.06. The summed E-state index contributed by atoms with van der Waals surface area (Å²) < 4.78 is 27.8. The Morgan fingerprint density at radius 1 is 1.12 bits per heavy atom. The summed E-state index contributed by atoms with van der Waals surface area (Å²) in [6.45, 7) is 3.26. The first-order valence-electron chi connectivity index (χ1n) is 7.45. The Kier molecular flexibility index (Phi) is 7.83. The highest BCUT2D eigenvalue weighted by Crippen LogP contribution is 2.40. The van der Waals surface area contributed by atoms with Crippen LogP contribution in [-0.4, -0.2) is 49.3 Å². The zero-order chi connectivity index (χ0) is 20.0. The van der Waals surface area contributed by atoms with Crippen LogP contribution in [0.5, 0.6) is 5.75 Å². The van der Waals surface area contributed by atoms with E-state index in [1.54, 1.807) is 38.1 Å². The number of hydrogen-bond donors (Lipinski definition) is 4. The molecule has 0 spiro atoms. The summed E-state index contributed by atoms with van der Waals surface area (Å²) in [7, 11) is -8.89. The van der Waals surface area contributed by atoms with Crippen LogP contribution >= 0.6 is 15.2 Å². The Morgan fingerprint density at radius 2 is 1.62 bits per heavy atom. The summed E-state index contributed by atoms with van der Waals surface area (Å²) >= 11 is 0.